The molecule has 1 aromatic carbocycles. The van der Waals surface area contributed by atoms with Crippen LogP contribution in [0, 0.1) is 22.2 Å². The van der Waals surface area contributed by atoms with Crippen LogP contribution in [0.4, 0.5) is 0 Å². The van der Waals surface area contributed by atoms with E-state index in [4.69, 9.17) is 0 Å². The van der Waals surface area contributed by atoms with E-state index in [2.05, 4.69) is 97.9 Å². The maximum Gasteiger partial charge on any atom is -0.0113 e. The summed E-state index contributed by atoms with van der Waals surface area (Å²) in [6.07, 6.45) is 36.2. The molecule has 5 rings (SSSR count). The van der Waals surface area contributed by atoms with Crippen molar-refractivity contribution in [3.8, 4) is 0 Å². The molecular formula is C46H68. The lowest BCUT2D eigenvalue weighted by atomic mass is 9.67. The Morgan fingerprint density at radius 1 is 0.717 bits per heavy atom. The molecule has 2 saturated carbocycles. The van der Waals surface area contributed by atoms with Gasteiger partial charge in [-0.3, -0.25) is 0 Å². The number of hydrogen-bond acceptors (Lipinski definition) is 0. The van der Waals surface area contributed by atoms with Crippen molar-refractivity contribution in [3.63, 3.8) is 0 Å². The van der Waals surface area contributed by atoms with E-state index in [1.165, 1.54) is 119 Å². The van der Waals surface area contributed by atoms with Crippen LogP contribution in [0.1, 0.15) is 182 Å². The Hall–Kier alpha value is -2.08. The molecule has 0 aliphatic heterocycles. The molecular weight excluding hydrogens is 553 g/mol. The molecule has 46 heavy (non-hydrogen) atoms. The van der Waals surface area contributed by atoms with Crippen LogP contribution in [0.3, 0.4) is 0 Å². The SMILES string of the molecule is CCC=c1c(C2=CC=C(C3(C)CCCCC3)CC2)ccc(C2=CC=C(C3(C)CCCCC3)CC2)c1=C(CC)CC(C)CC(C)(C)C. The van der Waals surface area contributed by atoms with Gasteiger partial charge in [0.1, 0.15) is 0 Å². The molecule has 0 bridgehead atoms. The molecule has 252 valence electrons. The van der Waals surface area contributed by atoms with Gasteiger partial charge in [0.05, 0.1) is 0 Å². The van der Waals surface area contributed by atoms with Crippen LogP contribution in [0.5, 0.6) is 0 Å². The second-order valence-corrected chi connectivity index (χ2v) is 17.6. The van der Waals surface area contributed by atoms with E-state index < -0.39 is 0 Å². The molecule has 0 heteroatoms. The molecule has 4 aliphatic rings. The molecule has 1 aromatic rings. The molecule has 0 heterocycles. The predicted molar refractivity (Wildman–Crippen MR) is 205 cm³/mol. The standard InChI is InChI=1S/C46H68/c1-9-17-42-40(36-18-22-38(23-19-36)45(7)28-13-11-14-29-45)26-27-41(43(42)35(10-2)32-34(3)33-44(4,5)6)37-20-24-39(25-21-37)46(8)30-15-12-16-31-46/h17-18,20,22,24,26-27,34H,9-16,19,21,23,25,28-33H2,1-8H3. The van der Waals surface area contributed by atoms with E-state index in [0.29, 0.717) is 22.2 Å². The lowest BCUT2D eigenvalue weighted by Crippen LogP contribution is -2.35. The quantitative estimate of drug-likeness (QED) is 0.258. The van der Waals surface area contributed by atoms with Gasteiger partial charge in [0.15, 0.2) is 0 Å². The zero-order valence-electron chi connectivity index (χ0n) is 31.3. The molecule has 0 aromatic heterocycles. The monoisotopic (exact) mass is 621 g/mol. The molecule has 0 nitrogen and oxygen atoms in total. The predicted octanol–water partition coefficient (Wildman–Crippen LogP) is 13.0. The van der Waals surface area contributed by atoms with Crippen LogP contribution in [0.2, 0.25) is 0 Å². The van der Waals surface area contributed by atoms with Gasteiger partial charge < -0.3 is 0 Å². The molecule has 1 atom stereocenters. The molecule has 0 amide bonds. The van der Waals surface area contributed by atoms with E-state index in [-0.39, 0.29) is 0 Å². The first-order valence-electron chi connectivity index (χ1n) is 19.6. The number of rotatable bonds is 9. The average molecular weight is 621 g/mol. The number of allylic oxidation sites excluding steroid dienone is 8. The summed E-state index contributed by atoms with van der Waals surface area (Å²) in [7, 11) is 0. The van der Waals surface area contributed by atoms with Gasteiger partial charge in [-0.1, -0.05) is 153 Å². The lowest BCUT2D eigenvalue weighted by Gasteiger charge is -2.37. The van der Waals surface area contributed by atoms with Crippen molar-refractivity contribution < 1.29 is 0 Å². The maximum atomic E-state index is 2.58. The molecule has 0 saturated heterocycles. The minimum absolute atomic E-state index is 0.357. The lowest BCUT2D eigenvalue weighted by molar-refractivity contribution is 0.260. The van der Waals surface area contributed by atoms with Gasteiger partial charge in [-0.2, -0.15) is 0 Å². The second kappa shape index (κ2) is 15.0. The Labute approximate surface area is 284 Å². The van der Waals surface area contributed by atoms with Crippen molar-refractivity contribution in [1.29, 1.82) is 0 Å². The fourth-order valence-corrected chi connectivity index (χ4v) is 9.96. The Balaban J connectivity index is 1.63. The van der Waals surface area contributed by atoms with Crippen LogP contribution in [-0.4, -0.2) is 0 Å². The van der Waals surface area contributed by atoms with Crippen LogP contribution >= 0.6 is 0 Å². The van der Waals surface area contributed by atoms with Gasteiger partial charge in [0.25, 0.3) is 0 Å². The summed E-state index contributed by atoms with van der Waals surface area (Å²) in [6.45, 7) is 19.6. The van der Waals surface area contributed by atoms with Gasteiger partial charge in [-0.25, -0.2) is 0 Å². The highest BCUT2D eigenvalue weighted by atomic mass is 14.4. The zero-order valence-corrected chi connectivity index (χ0v) is 31.3. The summed E-state index contributed by atoms with van der Waals surface area (Å²) in [5.74, 6) is 0.676. The van der Waals surface area contributed by atoms with Gasteiger partial charge >= 0.3 is 0 Å². The molecule has 0 N–H and O–H groups in total. The fraction of sp³-hybridized carbons (Fsp3) is 0.652. The topological polar surface area (TPSA) is 0 Å². The Bertz CT molecular complexity index is 1460. The first kappa shape index (κ1) is 35.2. The van der Waals surface area contributed by atoms with Gasteiger partial charge in [0, 0.05) is 0 Å². The van der Waals surface area contributed by atoms with E-state index in [1.54, 1.807) is 33.1 Å². The molecule has 2 fully saturated rings. The Morgan fingerprint density at radius 3 is 1.65 bits per heavy atom. The van der Waals surface area contributed by atoms with E-state index in [1.807, 2.05) is 0 Å². The summed E-state index contributed by atoms with van der Waals surface area (Å²) in [5.41, 5.74) is 12.5. The average Bonchev–Trinajstić information content (AvgIpc) is 3.04. The summed E-state index contributed by atoms with van der Waals surface area (Å²) in [4.78, 5) is 0. The Morgan fingerprint density at radius 2 is 1.22 bits per heavy atom. The highest BCUT2D eigenvalue weighted by Crippen LogP contribution is 2.47. The second-order valence-electron chi connectivity index (χ2n) is 17.6. The maximum absolute atomic E-state index is 2.58. The highest BCUT2D eigenvalue weighted by molar-refractivity contribution is 5.77. The fourth-order valence-electron chi connectivity index (χ4n) is 9.96. The van der Waals surface area contributed by atoms with E-state index in [0.717, 1.165) is 12.8 Å². The van der Waals surface area contributed by atoms with Crippen molar-refractivity contribution in [1.82, 2.24) is 0 Å². The van der Waals surface area contributed by atoms with Gasteiger partial charge in [-0.05, 0) is 132 Å². The van der Waals surface area contributed by atoms with Crippen molar-refractivity contribution in [2.75, 3.05) is 0 Å². The normalized spacial score (nSPS) is 23.6. The van der Waals surface area contributed by atoms with Crippen molar-refractivity contribution in [2.45, 2.75) is 171 Å². The number of hydrogen-bond donors (Lipinski definition) is 0. The minimum atomic E-state index is 0.357. The number of benzene rings is 1. The van der Waals surface area contributed by atoms with Crippen molar-refractivity contribution in [2.24, 2.45) is 22.2 Å². The third-order valence-corrected chi connectivity index (χ3v) is 12.4. The summed E-state index contributed by atoms with van der Waals surface area (Å²) >= 11 is 0. The third-order valence-electron chi connectivity index (χ3n) is 12.4. The van der Waals surface area contributed by atoms with Crippen LogP contribution in [0.25, 0.3) is 22.8 Å². The Kier molecular flexibility index (Phi) is 11.5. The first-order valence-corrected chi connectivity index (χ1v) is 19.6. The first-order chi connectivity index (χ1) is 22.0. The van der Waals surface area contributed by atoms with Crippen molar-refractivity contribution >= 4 is 22.8 Å². The summed E-state index contributed by atoms with van der Waals surface area (Å²) in [6, 6.07) is 5.05. The molecule has 1 unspecified atom stereocenters. The summed E-state index contributed by atoms with van der Waals surface area (Å²) in [5, 5.41) is 3.12. The summed E-state index contributed by atoms with van der Waals surface area (Å²) < 4.78 is 0. The van der Waals surface area contributed by atoms with Gasteiger partial charge in [0.2, 0.25) is 0 Å². The van der Waals surface area contributed by atoms with Gasteiger partial charge in [-0.15, -0.1) is 0 Å². The van der Waals surface area contributed by atoms with Crippen LogP contribution < -0.4 is 10.4 Å². The van der Waals surface area contributed by atoms with Crippen molar-refractivity contribution in [3.05, 3.63) is 69.1 Å². The van der Waals surface area contributed by atoms with Crippen LogP contribution in [-0.2, 0) is 0 Å². The minimum Gasteiger partial charge on any atom is -0.0763 e. The molecule has 0 radical (unpaired) electrons. The largest absolute Gasteiger partial charge is 0.0763 e. The smallest absolute Gasteiger partial charge is 0.0113 e. The highest BCUT2D eigenvalue weighted by Gasteiger charge is 2.33. The van der Waals surface area contributed by atoms with Crippen LogP contribution in [0.15, 0.2) is 47.6 Å². The molecule has 0 spiro atoms. The third kappa shape index (κ3) is 8.13. The molecule has 4 aliphatic carbocycles. The zero-order chi connectivity index (χ0) is 33.0. The van der Waals surface area contributed by atoms with E-state index >= 15 is 0 Å². The van der Waals surface area contributed by atoms with E-state index in [9.17, 15) is 0 Å².